The van der Waals surface area contributed by atoms with Crippen molar-refractivity contribution in [3.8, 4) is 11.5 Å². The van der Waals surface area contributed by atoms with E-state index < -0.39 is 0 Å². The van der Waals surface area contributed by atoms with E-state index in [1.54, 1.807) is 0 Å². The van der Waals surface area contributed by atoms with Gasteiger partial charge in [0.25, 0.3) is 0 Å². The number of hydrogen-bond acceptors (Lipinski definition) is 4. The van der Waals surface area contributed by atoms with Crippen LogP contribution in [0.3, 0.4) is 0 Å². The molecule has 1 atom stereocenters. The number of hydrogen-bond donors (Lipinski definition) is 2. The zero-order chi connectivity index (χ0) is 21.5. The summed E-state index contributed by atoms with van der Waals surface area (Å²) in [6, 6.07) is 14.7. The topological polar surface area (TPSA) is 59.6 Å². The Balaban J connectivity index is 1.98. The van der Waals surface area contributed by atoms with Crippen LogP contribution in [0.15, 0.2) is 59.8 Å². The average molecular weight is 425 g/mol. The number of rotatable bonds is 9. The maximum Gasteiger partial charge on any atom is 0.193 e. The molecule has 0 saturated carbocycles. The Hall–Kier alpha value is -2.86. The van der Waals surface area contributed by atoms with Crippen molar-refractivity contribution in [2.75, 3.05) is 13.2 Å². The van der Waals surface area contributed by atoms with E-state index >= 15 is 0 Å². The molecular weight excluding hydrogens is 396 g/mol. The van der Waals surface area contributed by atoms with Crippen LogP contribution in [0.2, 0.25) is 0 Å². The number of unbranched alkanes of at least 4 members (excludes halogenated alkanes) is 1. The molecule has 0 fully saturated rings. The van der Waals surface area contributed by atoms with Gasteiger partial charge in [-0.05, 0) is 50.2 Å². The van der Waals surface area contributed by atoms with Crippen LogP contribution in [0.5, 0.6) is 11.5 Å². The zero-order valence-electron chi connectivity index (χ0n) is 17.7. The Morgan fingerprint density at radius 2 is 1.83 bits per heavy atom. The smallest absolute Gasteiger partial charge is 0.193 e. The van der Waals surface area contributed by atoms with Crippen LogP contribution in [-0.2, 0) is 0 Å². The fraction of sp³-hybridized carbons (Fsp3) is 0.333. The lowest BCUT2D eigenvalue weighted by atomic mass is 9.89. The van der Waals surface area contributed by atoms with Crippen LogP contribution in [0.4, 0.5) is 0 Å². The van der Waals surface area contributed by atoms with Gasteiger partial charge in [0.1, 0.15) is 0 Å². The summed E-state index contributed by atoms with van der Waals surface area (Å²) in [5.74, 6) is 1.34. The van der Waals surface area contributed by atoms with Gasteiger partial charge in [0.15, 0.2) is 22.4 Å². The second-order valence-electron chi connectivity index (χ2n) is 7.11. The molecule has 0 amide bonds. The number of thiocarbonyl (C=S) groups is 1. The Bertz CT molecular complexity index is 941. The molecule has 30 heavy (non-hydrogen) atoms. The number of Topliss-reactive ketones (excluding diaryl/α,β-unsaturated/α-hetero) is 1. The summed E-state index contributed by atoms with van der Waals surface area (Å²) in [4.78, 5) is 13.3. The first kappa shape index (κ1) is 21.8. The number of nitrogens with one attached hydrogen (secondary N) is 2. The van der Waals surface area contributed by atoms with Gasteiger partial charge in [0.2, 0.25) is 0 Å². The van der Waals surface area contributed by atoms with E-state index in [9.17, 15) is 4.79 Å². The molecule has 0 saturated heterocycles. The van der Waals surface area contributed by atoms with Gasteiger partial charge in [-0.15, -0.1) is 0 Å². The standard InChI is InChI=1S/C24H28N2O3S/c1-4-6-14-29-19-13-12-18(15-20(19)28-5-2)22-21(16(3)25-24(30)26-22)23(27)17-10-8-7-9-11-17/h7-13,15,22H,4-6,14H2,1-3H3,(H2,25,26,30). The molecule has 1 heterocycles. The molecule has 6 heteroatoms. The number of ether oxygens (including phenoxy) is 2. The number of benzene rings is 2. The second kappa shape index (κ2) is 10.3. The first-order chi connectivity index (χ1) is 14.5. The third-order valence-corrected chi connectivity index (χ3v) is 5.13. The first-order valence-electron chi connectivity index (χ1n) is 10.3. The molecule has 2 aromatic carbocycles. The summed E-state index contributed by atoms with van der Waals surface area (Å²) >= 11 is 5.37. The van der Waals surface area contributed by atoms with E-state index in [1.165, 1.54) is 0 Å². The molecule has 2 aromatic rings. The molecule has 0 aromatic heterocycles. The minimum atomic E-state index is -0.379. The highest BCUT2D eigenvalue weighted by molar-refractivity contribution is 7.80. The molecule has 0 radical (unpaired) electrons. The zero-order valence-corrected chi connectivity index (χ0v) is 18.5. The third-order valence-electron chi connectivity index (χ3n) is 4.91. The van der Waals surface area contributed by atoms with Gasteiger partial charge in [-0.1, -0.05) is 49.7 Å². The van der Waals surface area contributed by atoms with Crippen molar-refractivity contribution < 1.29 is 14.3 Å². The largest absolute Gasteiger partial charge is 0.490 e. The van der Waals surface area contributed by atoms with Crippen molar-refractivity contribution in [3.05, 3.63) is 70.9 Å². The molecule has 0 spiro atoms. The molecule has 1 aliphatic rings. The maximum atomic E-state index is 13.3. The third kappa shape index (κ3) is 5.00. The lowest BCUT2D eigenvalue weighted by Gasteiger charge is -2.30. The van der Waals surface area contributed by atoms with E-state index in [4.69, 9.17) is 21.7 Å². The van der Waals surface area contributed by atoms with Gasteiger partial charge >= 0.3 is 0 Å². The normalized spacial score (nSPS) is 16.0. The summed E-state index contributed by atoms with van der Waals surface area (Å²) in [6.07, 6.45) is 2.04. The van der Waals surface area contributed by atoms with E-state index in [1.807, 2.05) is 62.4 Å². The van der Waals surface area contributed by atoms with Crippen LogP contribution in [0, 0.1) is 0 Å². The molecule has 0 bridgehead atoms. The number of allylic oxidation sites excluding steroid dienone is 1. The van der Waals surface area contributed by atoms with E-state index in [0.717, 1.165) is 24.1 Å². The Morgan fingerprint density at radius 1 is 1.07 bits per heavy atom. The summed E-state index contributed by atoms with van der Waals surface area (Å²) in [7, 11) is 0. The highest BCUT2D eigenvalue weighted by Gasteiger charge is 2.31. The first-order valence-corrected chi connectivity index (χ1v) is 10.7. The van der Waals surface area contributed by atoms with Gasteiger partial charge in [-0.2, -0.15) is 0 Å². The lowest BCUT2D eigenvalue weighted by Crippen LogP contribution is -2.44. The van der Waals surface area contributed by atoms with E-state index in [-0.39, 0.29) is 11.8 Å². The van der Waals surface area contributed by atoms with Crippen LogP contribution in [0.1, 0.15) is 55.6 Å². The van der Waals surface area contributed by atoms with Gasteiger partial charge in [0.05, 0.1) is 19.3 Å². The monoisotopic (exact) mass is 424 g/mol. The Kier molecular flexibility index (Phi) is 7.46. The molecular formula is C24H28N2O3S. The van der Waals surface area contributed by atoms with Gasteiger partial charge in [-0.3, -0.25) is 4.79 Å². The number of carbonyl (C=O) groups is 1. The van der Waals surface area contributed by atoms with Gasteiger partial charge in [-0.25, -0.2) is 0 Å². The quantitative estimate of drug-likeness (QED) is 0.338. The minimum Gasteiger partial charge on any atom is -0.490 e. The van der Waals surface area contributed by atoms with Crippen molar-refractivity contribution in [1.29, 1.82) is 0 Å². The molecule has 0 aliphatic carbocycles. The predicted molar refractivity (Wildman–Crippen MR) is 123 cm³/mol. The lowest BCUT2D eigenvalue weighted by molar-refractivity contribution is 0.102. The summed E-state index contributed by atoms with van der Waals surface area (Å²) in [6.45, 7) is 7.11. The van der Waals surface area contributed by atoms with Crippen molar-refractivity contribution in [1.82, 2.24) is 10.6 Å². The van der Waals surface area contributed by atoms with Crippen LogP contribution < -0.4 is 20.1 Å². The highest BCUT2D eigenvalue weighted by atomic mass is 32.1. The van der Waals surface area contributed by atoms with Gasteiger partial charge < -0.3 is 20.1 Å². The molecule has 158 valence electrons. The minimum absolute atomic E-state index is 0.0400. The number of ketones is 1. The van der Waals surface area contributed by atoms with Crippen molar-refractivity contribution in [2.45, 2.75) is 39.7 Å². The predicted octanol–water partition coefficient (Wildman–Crippen LogP) is 4.94. The summed E-state index contributed by atoms with van der Waals surface area (Å²) < 4.78 is 11.7. The SMILES string of the molecule is CCCCOc1ccc(C2NC(=S)NC(C)=C2C(=O)c2ccccc2)cc1OCC. The molecule has 1 unspecified atom stereocenters. The second-order valence-corrected chi connectivity index (χ2v) is 7.51. The average Bonchev–Trinajstić information content (AvgIpc) is 2.75. The van der Waals surface area contributed by atoms with Crippen LogP contribution in [0.25, 0.3) is 0 Å². The van der Waals surface area contributed by atoms with Crippen molar-refractivity contribution in [3.63, 3.8) is 0 Å². The van der Waals surface area contributed by atoms with Crippen LogP contribution >= 0.6 is 12.2 Å². The van der Waals surface area contributed by atoms with E-state index in [0.29, 0.717) is 41.0 Å². The summed E-state index contributed by atoms with van der Waals surface area (Å²) in [5, 5.41) is 6.83. The molecule has 1 aliphatic heterocycles. The Morgan fingerprint density at radius 3 is 2.53 bits per heavy atom. The molecule has 2 N–H and O–H groups in total. The maximum absolute atomic E-state index is 13.3. The Labute approximate surface area is 183 Å². The summed E-state index contributed by atoms with van der Waals surface area (Å²) in [5.41, 5.74) is 2.91. The van der Waals surface area contributed by atoms with Crippen molar-refractivity contribution in [2.24, 2.45) is 0 Å². The van der Waals surface area contributed by atoms with Crippen molar-refractivity contribution >= 4 is 23.1 Å². The van der Waals surface area contributed by atoms with E-state index in [2.05, 4.69) is 17.6 Å². The number of carbonyl (C=O) groups excluding carboxylic acids is 1. The fourth-order valence-corrected chi connectivity index (χ4v) is 3.68. The highest BCUT2D eigenvalue weighted by Crippen LogP contribution is 2.35. The molecule has 3 rings (SSSR count). The van der Waals surface area contributed by atoms with Crippen LogP contribution in [-0.4, -0.2) is 24.1 Å². The van der Waals surface area contributed by atoms with Gasteiger partial charge in [0, 0.05) is 16.8 Å². The molecule has 5 nitrogen and oxygen atoms in total. The fourth-order valence-electron chi connectivity index (χ4n) is 3.41.